The fraction of sp³-hybridized carbons (Fsp3) is 0.929. The van der Waals surface area contributed by atoms with Crippen LogP contribution < -0.4 is 10.6 Å². The first-order chi connectivity index (χ1) is 8.69. The van der Waals surface area contributed by atoms with Crippen molar-refractivity contribution < 1.29 is 0 Å². The number of likely N-dealkylation sites (tertiary alicyclic amines) is 1. The normalized spacial score (nSPS) is 25.8. The van der Waals surface area contributed by atoms with E-state index >= 15 is 0 Å². The number of nitrogens with one attached hydrogen (secondary N) is 2. The summed E-state index contributed by atoms with van der Waals surface area (Å²) in [5, 5.41) is 6.69. The van der Waals surface area contributed by atoms with Gasteiger partial charge in [0.15, 0.2) is 5.96 Å². The number of aliphatic imine (C=N–C) groups is 1. The Morgan fingerprint density at radius 3 is 2.72 bits per heavy atom. The highest BCUT2D eigenvalue weighted by Crippen LogP contribution is 2.31. The smallest absolute Gasteiger partial charge is 0.191 e. The van der Waals surface area contributed by atoms with E-state index in [0.717, 1.165) is 31.0 Å². The molecular weight excluding hydrogens is 224 g/mol. The molecule has 0 aromatic carbocycles. The van der Waals surface area contributed by atoms with Crippen LogP contribution >= 0.6 is 0 Å². The SMILES string of the molecule is CCNC(=NCC1CCN(C2CC2)C1)NC(C)C. The van der Waals surface area contributed by atoms with E-state index in [1.54, 1.807) is 0 Å². The number of hydrogen-bond donors (Lipinski definition) is 2. The molecule has 2 aliphatic rings. The third-order valence-electron chi connectivity index (χ3n) is 3.66. The Bertz CT molecular complexity index is 284. The van der Waals surface area contributed by atoms with E-state index in [2.05, 4.69) is 36.3 Å². The zero-order valence-corrected chi connectivity index (χ0v) is 12.1. The standard InChI is InChI=1S/C14H28N4/c1-4-15-14(17-11(2)3)16-9-12-7-8-18(10-12)13-5-6-13/h11-13H,4-10H2,1-3H3,(H2,15,16,17). The Hall–Kier alpha value is -0.770. The lowest BCUT2D eigenvalue weighted by molar-refractivity contribution is 0.315. The van der Waals surface area contributed by atoms with Crippen molar-refractivity contribution in [1.29, 1.82) is 0 Å². The zero-order chi connectivity index (χ0) is 13.0. The van der Waals surface area contributed by atoms with Crippen LogP contribution in [0, 0.1) is 5.92 Å². The molecular formula is C14H28N4. The van der Waals surface area contributed by atoms with E-state index in [9.17, 15) is 0 Å². The van der Waals surface area contributed by atoms with Gasteiger partial charge in [-0.1, -0.05) is 0 Å². The van der Waals surface area contributed by atoms with Gasteiger partial charge in [0.05, 0.1) is 0 Å². The summed E-state index contributed by atoms with van der Waals surface area (Å²) >= 11 is 0. The quantitative estimate of drug-likeness (QED) is 0.574. The maximum atomic E-state index is 4.72. The van der Waals surface area contributed by atoms with Crippen molar-refractivity contribution in [2.45, 2.75) is 52.1 Å². The van der Waals surface area contributed by atoms with Gasteiger partial charge in [0.2, 0.25) is 0 Å². The molecule has 1 aliphatic heterocycles. The molecule has 0 aromatic heterocycles. The molecule has 2 N–H and O–H groups in total. The minimum absolute atomic E-state index is 0.439. The van der Waals surface area contributed by atoms with E-state index in [-0.39, 0.29) is 0 Å². The van der Waals surface area contributed by atoms with Crippen LogP contribution in [0.5, 0.6) is 0 Å². The summed E-state index contributed by atoms with van der Waals surface area (Å²) in [5.74, 6) is 1.73. The highest BCUT2D eigenvalue weighted by atomic mass is 15.2. The molecule has 2 fully saturated rings. The molecule has 1 heterocycles. The fourth-order valence-electron chi connectivity index (χ4n) is 2.60. The number of guanidine groups is 1. The molecule has 0 aromatic rings. The van der Waals surface area contributed by atoms with Gasteiger partial charge in [0.25, 0.3) is 0 Å². The Morgan fingerprint density at radius 2 is 2.11 bits per heavy atom. The molecule has 4 nitrogen and oxygen atoms in total. The van der Waals surface area contributed by atoms with Crippen LogP contribution in [0.3, 0.4) is 0 Å². The van der Waals surface area contributed by atoms with E-state index in [1.165, 1.54) is 32.4 Å². The summed E-state index contributed by atoms with van der Waals surface area (Å²) in [4.78, 5) is 7.37. The van der Waals surface area contributed by atoms with E-state index < -0.39 is 0 Å². The van der Waals surface area contributed by atoms with Gasteiger partial charge in [-0.05, 0) is 52.5 Å². The van der Waals surface area contributed by atoms with Gasteiger partial charge in [0, 0.05) is 31.7 Å². The van der Waals surface area contributed by atoms with Crippen molar-refractivity contribution >= 4 is 5.96 Å². The van der Waals surface area contributed by atoms with Gasteiger partial charge in [-0.3, -0.25) is 4.99 Å². The second-order valence-corrected chi connectivity index (χ2v) is 5.90. The van der Waals surface area contributed by atoms with Crippen molar-refractivity contribution in [2.24, 2.45) is 10.9 Å². The molecule has 1 saturated carbocycles. The first kappa shape index (κ1) is 13.7. The fourth-order valence-corrected chi connectivity index (χ4v) is 2.60. The third kappa shape index (κ3) is 4.16. The van der Waals surface area contributed by atoms with Crippen LogP contribution in [0.2, 0.25) is 0 Å². The summed E-state index contributed by atoms with van der Waals surface area (Å²) in [6.45, 7) is 10.9. The van der Waals surface area contributed by atoms with Gasteiger partial charge < -0.3 is 15.5 Å². The second-order valence-electron chi connectivity index (χ2n) is 5.90. The molecule has 1 saturated heterocycles. The molecule has 1 unspecified atom stereocenters. The number of hydrogen-bond acceptors (Lipinski definition) is 2. The van der Waals surface area contributed by atoms with Gasteiger partial charge in [-0.25, -0.2) is 0 Å². The summed E-state index contributed by atoms with van der Waals surface area (Å²) < 4.78 is 0. The minimum atomic E-state index is 0.439. The van der Waals surface area contributed by atoms with Crippen molar-refractivity contribution in [3.63, 3.8) is 0 Å². The molecule has 18 heavy (non-hydrogen) atoms. The second kappa shape index (κ2) is 6.41. The Morgan fingerprint density at radius 1 is 1.33 bits per heavy atom. The number of rotatable bonds is 5. The van der Waals surface area contributed by atoms with Crippen molar-refractivity contribution in [1.82, 2.24) is 15.5 Å². The molecule has 1 aliphatic carbocycles. The first-order valence-electron chi connectivity index (χ1n) is 7.48. The van der Waals surface area contributed by atoms with Crippen molar-refractivity contribution in [2.75, 3.05) is 26.2 Å². The van der Waals surface area contributed by atoms with Crippen molar-refractivity contribution in [3.8, 4) is 0 Å². The summed E-state index contributed by atoms with van der Waals surface area (Å²) in [7, 11) is 0. The maximum Gasteiger partial charge on any atom is 0.191 e. The average Bonchev–Trinajstić information content (AvgIpc) is 3.06. The average molecular weight is 252 g/mol. The summed E-state index contributed by atoms with van der Waals surface area (Å²) in [6.07, 6.45) is 4.17. The molecule has 0 amide bonds. The Balaban J connectivity index is 1.76. The molecule has 1 atom stereocenters. The monoisotopic (exact) mass is 252 g/mol. The summed E-state index contributed by atoms with van der Waals surface area (Å²) in [6, 6.07) is 1.36. The molecule has 0 spiro atoms. The lowest BCUT2D eigenvalue weighted by Crippen LogP contribution is -2.41. The molecule has 2 rings (SSSR count). The minimum Gasteiger partial charge on any atom is -0.357 e. The largest absolute Gasteiger partial charge is 0.357 e. The third-order valence-corrected chi connectivity index (χ3v) is 3.66. The maximum absolute atomic E-state index is 4.72. The first-order valence-corrected chi connectivity index (χ1v) is 7.48. The summed E-state index contributed by atoms with van der Waals surface area (Å²) in [5.41, 5.74) is 0. The highest BCUT2D eigenvalue weighted by Gasteiger charge is 2.34. The van der Waals surface area contributed by atoms with Crippen LogP contribution in [-0.4, -0.2) is 49.1 Å². The molecule has 0 radical (unpaired) electrons. The van der Waals surface area contributed by atoms with Crippen LogP contribution in [0.4, 0.5) is 0 Å². The van der Waals surface area contributed by atoms with Gasteiger partial charge in [-0.2, -0.15) is 0 Å². The van der Waals surface area contributed by atoms with Gasteiger partial charge >= 0.3 is 0 Å². The van der Waals surface area contributed by atoms with E-state index in [1.807, 2.05) is 0 Å². The predicted molar refractivity (Wildman–Crippen MR) is 77.0 cm³/mol. The molecule has 104 valence electrons. The van der Waals surface area contributed by atoms with Crippen LogP contribution in [-0.2, 0) is 0 Å². The number of nitrogens with zero attached hydrogens (tertiary/aromatic N) is 2. The Labute approximate surface area is 111 Å². The van der Waals surface area contributed by atoms with Crippen molar-refractivity contribution in [3.05, 3.63) is 0 Å². The van der Waals surface area contributed by atoms with Gasteiger partial charge in [0.1, 0.15) is 0 Å². The topological polar surface area (TPSA) is 39.7 Å². The lowest BCUT2D eigenvalue weighted by Gasteiger charge is -2.16. The van der Waals surface area contributed by atoms with Crippen LogP contribution in [0.25, 0.3) is 0 Å². The van der Waals surface area contributed by atoms with Crippen LogP contribution in [0.1, 0.15) is 40.0 Å². The Kier molecular flexibility index (Phi) is 4.87. The molecule has 0 bridgehead atoms. The van der Waals surface area contributed by atoms with Crippen LogP contribution in [0.15, 0.2) is 4.99 Å². The zero-order valence-electron chi connectivity index (χ0n) is 12.1. The highest BCUT2D eigenvalue weighted by molar-refractivity contribution is 5.79. The predicted octanol–water partition coefficient (Wildman–Crippen LogP) is 1.43. The van der Waals surface area contributed by atoms with Gasteiger partial charge in [-0.15, -0.1) is 0 Å². The van der Waals surface area contributed by atoms with E-state index in [4.69, 9.17) is 4.99 Å². The lowest BCUT2D eigenvalue weighted by atomic mass is 10.1. The molecule has 4 heteroatoms. The van der Waals surface area contributed by atoms with E-state index in [0.29, 0.717) is 6.04 Å².